The third kappa shape index (κ3) is 4.47. The Morgan fingerprint density at radius 2 is 1.90 bits per heavy atom. The molecule has 0 spiro atoms. The highest BCUT2D eigenvalue weighted by atomic mass is 79.9. The van der Waals surface area contributed by atoms with Gasteiger partial charge in [0.2, 0.25) is 0 Å². The molecule has 148 valence electrons. The molecule has 0 amide bonds. The highest BCUT2D eigenvalue weighted by molar-refractivity contribution is 9.10. The molecule has 3 aromatic rings. The summed E-state index contributed by atoms with van der Waals surface area (Å²) in [6.45, 7) is 0. The molecule has 0 saturated heterocycles. The molecule has 3 aromatic carbocycles. The molecule has 0 saturated carbocycles. The number of ether oxygens (including phenoxy) is 1. The zero-order valence-corrected chi connectivity index (χ0v) is 18.1. The van der Waals surface area contributed by atoms with E-state index in [0.717, 1.165) is 32.6 Å². The Labute approximate surface area is 183 Å². The predicted molar refractivity (Wildman–Crippen MR) is 120 cm³/mol. The van der Waals surface area contributed by atoms with Crippen molar-refractivity contribution < 1.29 is 9.84 Å². The number of benzene rings is 3. The number of phenolic OH excluding ortho intramolecular Hbond substituents is 1. The summed E-state index contributed by atoms with van der Waals surface area (Å²) in [5, 5.41) is 14.7. The molecule has 0 aliphatic carbocycles. The molecule has 0 unspecified atom stereocenters. The largest absolute Gasteiger partial charge is 0.508 e. The second-order valence-electron chi connectivity index (χ2n) is 6.89. The number of hydrogen-bond acceptors (Lipinski definition) is 4. The van der Waals surface area contributed by atoms with Crippen molar-refractivity contribution in [3.63, 3.8) is 0 Å². The fourth-order valence-corrected chi connectivity index (χ4v) is 4.01. The molecule has 0 radical (unpaired) electrons. The van der Waals surface area contributed by atoms with Crippen molar-refractivity contribution in [2.24, 2.45) is 4.99 Å². The molecule has 1 aliphatic heterocycles. The Kier molecular flexibility index (Phi) is 5.90. The lowest BCUT2D eigenvalue weighted by atomic mass is 9.93. The summed E-state index contributed by atoms with van der Waals surface area (Å²) in [6, 6.07) is 20.9. The van der Waals surface area contributed by atoms with E-state index < -0.39 is 0 Å². The first-order valence-corrected chi connectivity index (χ1v) is 10.4. The van der Waals surface area contributed by atoms with Gasteiger partial charge in [0.25, 0.3) is 0 Å². The Balaban J connectivity index is 1.77. The summed E-state index contributed by atoms with van der Waals surface area (Å²) in [5.74, 6) is 1.04. The smallest absolute Gasteiger partial charge is 0.126 e. The molecule has 4 nitrogen and oxygen atoms in total. The van der Waals surface area contributed by atoms with E-state index >= 15 is 0 Å². The number of aliphatic imine (C=N–C) groups is 1. The normalized spacial score (nSPS) is 18.9. The number of hydrogen-bond donors (Lipinski definition) is 2. The Hall–Kier alpha value is -2.34. The van der Waals surface area contributed by atoms with Crippen LogP contribution < -0.4 is 10.1 Å². The molecule has 0 fully saturated rings. The molecule has 6 heteroatoms. The topological polar surface area (TPSA) is 53.8 Å². The number of rotatable bonds is 4. The standard InChI is InChI=1S/C23H20BrClN2O2/c1-29-18-4-2-3-15(11-18)20-13-21(19-12-16(24)7-10-22(19)28)27-23(26-20)14-5-8-17(25)9-6-14/h2-12,21,23,27-28H,13H2,1H3/t21-,23+/m1/s1. The quantitative estimate of drug-likeness (QED) is 0.488. The molecular formula is C23H20BrClN2O2. The van der Waals surface area contributed by atoms with Gasteiger partial charge in [-0.1, -0.05) is 51.8 Å². The van der Waals surface area contributed by atoms with Crippen molar-refractivity contribution in [3.05, 3.63) is 92.9 Å². The van der Waals surface area contributed by atoms with Crippen LogP contribution in [0.3, 0.4) is 0 Å². The fraction of sp³-hybridized carbons (Fsp3) is 0.174. The van der Waals surface area contributed by atoms with Crippen molar-refractivity contribution in [3.8, 4) is 11.5 Å². The van der Waals surface area contributed by atoms with Crippen molar-refractivity contribution >= 4 is 33.2 Å². The summed E-state index contributed by atoms with van der Waals surface area (Å²) >= 11 is 9.57. The second-order valence-corrected chi connectivity index (χ2v) is 8.24. The van der Waals surface area contributed by atoms with E-state index in [-0.39, 0.29) is 18.0 Å². The van der Waals surface area contributed by atoms with E-state index in [4.69, 9.17) is 21.3 Å². The number of nitrogens with one attached hydrogen (secondary N) is 1. The van der Waals surface area contributed by atoms with E-state index in [9.17, 15) is 5.11 Å². The van der Waals surface area contributed by atoms with Crippen LogP contribution in [0.25, 0.3) is 0 Å². The average molecular weight is 472 g/mol. The van der Waals surface area contributed by atoms with E-state index in [1.807, 2.05) is 60.7 Å². The van der Waals surface area contributed by atoms with E-state index in [1.54, 1.807) is 13.2 Å². The SMILES string of the molecule is COc1cccc(C2=N[C@H](c3ccc(Cl)cc3)N[C@@H](c3cc(Br)ccc3O)C2)c1. The van der Waals surface area contributed by atoms with Crippen LogP contribution in [-0.4, -0.2) is 17.9 Å². The first kappa shape index (κ1) is 20.0. The van der Waals surface area contributed by atoms with Crippen LogP contribution in [0.4, 0.5) is 0 Å². The van der Waals surface area contributed by atoms with Crippen LogP contribution in [0.5, 0.6) is 11.5 Å². The first-order valence-electron chi connectivity index (χ1n) is 9.24. The summed E-state index contributed by atoms with van der Waals surface area (Å²) in [7, 11) is 1.65. The van der Waals surface area contributed by atoms with Crippen molar-refractivity contribution in [2.45, 2.75) is 18.6 Å². The highest BCUT2D eigenvalue weighted by Gasteiger charge is 2.28. The molecule has 2 N–H and O–H groups in total. The molecule has 1 heterocycles. The van der Waals surface area contributed by atoms with Crippen LogP contribution in [0.15, 0.2) is 76.2 Å². The van der Waals surface area contributed by atoms with Crippen LogP contribution in [0.2, 0.25) is 5.02 Å². The third-order valence-corrected chi connectivity index (χ3v) is 5.74. The lowest BCUT2D eigenvalue weighted by molar-refractivity contribution is 0.410. The van der Waals surface area contributed by atoms with Gasteiger partial charge in [0, 0.05) is 33.2 Å². The maximum absolute atomic E-state index is 10.5. The van der Waals surface area contributed by atoms with Gasteiger partial charge < -0.3 is 9.84 Å². The molecular weight excluding hydrogens is 452 g/mol. The summed E-state index contributed by atoms with van der Waals surface area (Å²) in [6.07, 6.45) is 0.381. The van der Waals surface area contributed by atoms with Crippen molar-refractivity contribution in [1.82, 2.24) is 5.32 Å². The van der Waals surface area contributed by atoms with E-state index in [1.165, 1.54) is 0 Å². The Bertz CT molecular complexity index is 1050. The molecule has 0 bridgehead atoms. The summed E-state index contributed by atoms with van der Waals surface area (Å²) in [5.41, 5.74) is 3.79. The fourth-order valence-electron chi connectivity index (χ4n) is 3.50. The van der Waals surface area contributed by atoms with Gasteiger partial charge in [-0.05, 0) is 53.6 Å². The third-order valence-electron chi connectivity index (χ3n) is 5.00. The number of nitrogens with zero attached hydrogens (tertiary/aromatic N) is 1. The number of halogens is 2. The summed E-state index contributed by atoms with van der Waals surface area (Å²) < 4.78 is 6.30. The Morgan fingerprint density at radius 3 is 2.66 bits per heavy atom. The molecule has 4 rings (SSSR count). The molecule has 29 heavy (non-hydrogen) atoms. The van der Waals surface area contributed by atoms with Crippen LogP contribution in [-0.2, 0) is 0 Å². The highest BCUT2D eigenvalue weighted by Crippen LogP contribution is 2.36. The molecule has 0 aromatic heterocycles. The van der Waals surface area contributed by atoms with E-state index in [2.05, 4.69) is 21.2 Å². The van der Waals surface area contributed by atoms with Gasteiger partial charge in [-0.2, -0.15) is 0 Å². The van der Waals surface area contributed by atoms with Gasteiger partial charge in [-0.25, -0.2) is 0 Å². The van der Waals surface area contributed by atoms with Crippen LogP contribution in [0.1, 0.15) is 35.3 Å². The van der Waals surface area contributed by atoms with Crippen molar-refractivity contribution in [1.29, 1.82) is 0 Å². The monoisotopic (exact) mass is 470 g/mol. The maximum Gasteiger partial charge on any atom is 0.126 e. The average Bonchev–Trinajstić information content (AvgIpc) is 2.75. The first-order chi connectivity index (χ1) is 14.0. The lowest BCUT2D eigenvalue weighted by Gasteiger charge is -2.31. The van der Waals surface area contributed by atoms with Crippen LogP contribution in [0, 0.1) is 0 Å². The van der Waals surface area contributed by atoms with E-state index in [0.29, 0.717) is 11.4 Å². The van der Waals surface area contributed by atoms with Gasteiger partial charge >= 0.3 is 0 Å². The Morgan fingerprint density at radius 1 is 1.10 bits per heavy atom. The number of aromatic hydroxyl groups is 1. The predicted octanol–water partition coefficient (Wildman–Crippen LogP) is 6.04. The number of methoxy groups -OCH3 is 1. The minimum absolute atomic E-state index is 0.105. The minimum Gasteiger partial charge on any atom is -0.508 e. The second kappa shape index (κ2) is 8.57. The summed E-state index contributed by atoms with van der Waals surface area (Å²) in [4.78, 5) is 4.97. The lowest BCUT2D eigenvalue weighted by Crippen LogP contribution is -2.33. The van der Waals surface area contributed by atoms with Gasteiger partial charge in [-0.3, -0.25) is 10.3 Å². The van der Waals surface area contributed by atoms with Crippen molar-refractivity contribution in [2.75, 3.05) is 7.11 Å². The molecule has 1 aliphatic rings. The van der Waals surface area contributed by atoms with Gasteiger partial charge in [0.1, 0.15) is 17.7 Å². The van der Waals surface area contributed by atoms with Gasteiger partial charge in [0.15, 0.2) is 0 Å². The maximum atomic E-state index is 10.5. The molecule has 2 atom stereocenters. The van der Waals surface area contributed by atoms with Gasteiger partial charge in [-0.15, -0.1) is 0 Å². The minimum atomic E-state index is -0.259. The van der Waals surface area contributed by atoms with Gasteiger partial charge in [0.05, 0.1) is 7.11 Å². The zero-order valence-electron chi connectivity index (χ0n) is 15.8. The number of phenols is 1. The zero-order chi connectivity index (χ0) is 20.4. The van der Waals surface area contributed by atoms with Crippen LogP contribution >= 0.6 is 27.5 Å².